The molecule has 2 aromatic rings. The Bertz CT molecular complexity index is 989. The quantitative estimate of drug-likeness (QED) is 0.810. The molecule has 0 radical (unpaired) electrons. The molecule has 2 heterocycles. The summed E-state index contributed by atoms with van der Waals surface area (Å²) in [5, 5.41) is 0.629. The number of fused-ring (bicyclic) bond motifs is 1. The molecule has 2 N–H and O–H groups in total. The molecule has 27 heavy (non-hydrogen) atoms. The molecule has 1 aliphatic heterocycles. The summed E-state index contributed by atoms with van der Waals surface area (Å²) in [5.41, 5.74) is 0.334. The van der Waals surface area contributed by atoms with Crippen LogP contribution in [0.5, 0.6) is 0 Å². The second-order valence-electron chi connectivity index (χ2n) is 7.46. The minimum absolute atomic E-state index is 0.0211. The molecule has 0 aliphatic carbocycles. The van der Waals surface area contributed by atoms with Gasteiger partial charge in [0.15, 0.2) is 0 Å². The lowest BCUT2D eigenvalue weighted by Crippen LogP contribution is -2.43. The number of pyridine rings is 1. The molecule has 3 rings (SSSR count). The highest BCUT2D eigenvalue weighted by molar-refractivity contribution is 7.89. The standard InChI is InChI=1S/C19H25N3O4S/c1-13-9-14(2)12-22(11-13)19(24)7-8-20-27(25,26)16-4-5-17-15(10-16)3-6-18(23)21-17/h3-6,10,13-14,20H,7-9,11-12H2,1-2H3,(H,21,23). The molecule has 0 saturated carbocycles. The van der Waals surface area contributed by atoms with Gasteiger partial charge in [-0.25, -0.2) is 13.1 Å². The molecule has 1 amide bonds. The molecular formula is C19H25N3O4S. The Hall–Kier alpha value is -2.19. The lowest BCUT2D eigenvalue weighted by Gasteiger charge is -2.35. The normalized spacial score (nSPS) is 20.7. The number of hydrogen-bond acceptors (Lipinski definition) is 4. The van der Waals surface area contributed by atoms with Gasteiger partial charge in [-0.2, -0.15) is 0 Å². The molecule has 1 fully saturated rings. The number of amides is 1. The van der Waals surface area contributed by atoms with Crippen LogP contribution in [0.15, 0.2) is 40.0 Å². The number of carbonyl (C=O) groups excluding carboxylic acids is 1. The van der Waals surface area contributed by atoms with E-state index in [0.29, 0.717) is 22.7 Å². The van der Waals surface area contributed by atoms with E-state index in [1.54, 1.807) is 12.1 Å². The summed E-state index contributed by atoms with van der Waals surface area (Å²) in [5.74, 6) is 0.920. The van der Waals surface area contributed by atoms with E-state index in [9.17, 15) is 18.0 Å². The lowest BCUT2D eigenvalue weighted by molar-refractivity contribution is -0.133. The van der Waals surface area contributed by atoms with Crippen LogP contribution in [0.2, 0.25) is 0 Å². The van der Waals surface area contributed by atoms with Gasteiger partial charge in [0.1, 0.15) is 0 Å². The highest BCUT2D eigenvalue weighted by atomic mass is 32.2. The van der Waals surface area contributed by atoms with Crippen molar-refractivity contribution in [2.45, 2.75) is 31.6 Å². The fourth-order valence-electron chi connectivity index (χ4n) is 3.70. The van der Waals surface area contributed by atoms with E-state index in [1.165, 1.54) is 18.2 Å². The van der Waals surface area contributed by atoms with Gasteiger partial charge in [-0.1, -0.05) is 13.8 Å². The van der Waals surface area contributed by atoms with Crippen LogP contribution in [-0.2, 0) is 14.8 Å². The zero-order valence-corrected chi connectivity index (χ0v) is 16.4. The number of piperidine rings is 1. The van der Waals surface area contributed by atoms with E-state index in [-0.39, 0.29) is 29.3 Å². The smallest absolute Gasteiger partial charge is 0.248 e. The zero-order chi connectivity index (χ0) is 19.6. The van der Waals surface area contributed by atoms with Crippen molar-refractivity contribution in [1.29, 1.82) is 0 Å². The maximum atomic E-state index is 12.5. The van der Waals surface area contributed by atoms with Gasteiger partial charge in [0, 0.05) is 37.6 Å². The number of carbonyl (C=O) groups is 1. The SMILES string of the molecule is CC1CC(C)CN(C(=O)CCNS(=O)(=O)c2ccc3[nH]c(=O)ccc3c2)C1. The number of nitrogens with zero attached hydrogens (tertiary/aromatic N) is 1. The van der Waals surface area contributed by atoms with Crippen molar-refractivity contribution in [1.82, 2.24) is 14.6 Å². The van der Waals surface area contributed by atoms with E-state index in [0.717, 1.165) is 19.5 Å². The number of benzene rings is 1. The summed E-state index contributed by atoms with van der Waals surface area (Å²) >= 11 is 0. The van der Waals surface area contributed by atoms with Crippen molar-refractivity contribution in [3.63, 3.8) is 0 Å². The van der Waals surface area contributed by atoms with Gasteiger partial charge >= 0.3 is 0 Å². The lowest BCUT2D eigenvalue weighted by atomic mass is 9.92. The summed E-state index contributed by atoms with van der Waals surface area (Å²) in [4.78, 5) is 28.3. The van der Waals surface area contributed by atoms with E-state index in [1.807, 2.05) is 4.90 Å². The Morgan fingerprint density at radius 1 is 1.19 bits per heavy atom. The Morgan fingerprint density at radius 2 is 1.89 bits per heavy atom. The van der Waals surface area contributed by atoms with Gasteiger partial charge in [-0.3, -0.25) is 9.59 Å². The Labute approximate surface area is 158 Å². The van der Waals surface area contributed by atoms with Crippen LogP contribution in [-0.4, -0.2) is 43.8 Å². The molecule has 1 aliphatic rings. The third-order valence-corrected chi connectivity index (χ3v) is 6.32. The number of H-pyrrole nitrogens is 1. The Kier molecular flexibility index (Phi) is 5.67. The minimum Gasteiger partial charge on any atom is -0.342 e. The van der Waals surface area contributed by atoms with Crippen LogP contribution in [0.3, 0.4) is 0 Å². The average Bonchev–Trinajstić information content (AvgIpc) is 2.60. The summed E-state index contributed by atoms with van der Waals surface area (Å²) in [6, 6.07) is 7.44. The third-order valence-electron chi connectivity index (χ3n) is 4.86. The number of sulfonamides is 1. The van der Waals surface area contributed by atoms with Crippen LogP contribution < -0.4 is 10.3 Å². The molecule has 7 nitrogen and oxygen atoms in total. The number of likely N-dealkylation sites (tertiary alicyclic amines) is 1. The first-order valence-corrected chi connectivity index (χ1v) is 10.6. The topological polar surface area (TPSA) is 99.3 Å². The van der Waals surface area contributed by atoms with Crippen molar-refractivity contribution < 1.29 is 13.2 Å². The molecule has 146 valence electrons. The van der Waals surface area contributed by atoms with Crippen LogP contribution in [0, 0.1) is 11.8 Å². The van der Waals surface area contributed by atoms with Crippen LogP contribution in [0.4, 0.5) is 0 Å². The van der Waals surface area contributed by atoms with Gasteiger partial charge < -0.3 is 9.88 Å². The van der Waals surface area contributed by atoms with E-state index in [4.69, 9.17) is 0 Å². The maximum absolute atomic E-state index is 12.5. The fraction of sp³-hybridized carbons (Fsp3) is 0.474. The largest absolute Gasteiger partial charge is 0.342 e. The number of rotatable bonds is 5. The predicted octanol–water partition coefficient (Wildman–Crippen LogP) is 1.70. The number of nitrogens with one attached hydrogen (secondary N) is 2. The average molecular weight is 391 g/mol. The monoisotopic (exact) mass is 391 g/mol. The second-order valence-corrected chi connectivity index (χ2v) is 9.23. The molecule has 8 heteroatoms. The molecule has 1 aromatic heterocycles. The van der Waals surface area contributed by atoms with Crippen LogP contribution in [0.1, 0.15) is 26.7 Å². The van der Waals surface area contributed by atoms with E-state index in [2.05, 4.69) is 23.6 Å². The first-order valence-electron chi connectivity index (χ1n) is 9.15. The van der Waals surface area contributed by atoms with Crippen molar-refractivity contribution >= 4 is 26.8 Å². The maximum Gasteiger partial charge on any atom is 0.248 e. The van der Waals surface area contributed by atoms with Crippen LogP contribution >= 0.6 is 0 Å². The number of hydrogen-bond donors (Lipinski definition) is 2. The summed E-state index contributed by atoms with van der Waals surface area (Å²) in [6.45, 7) is 5.79. The molecule has 0 spiro atoms. The third kappa shape index (κ3) is 4.75. The highest BCUT2D eigenvalue weighted by Gasteiger charge is 2.25. The van der Waals surface area contributed by atoms with Gasteiger partial charge in [0.25, 0.3) is 0 Å². The molecule has 2 unspecified atom stereocenters. The summed E-state index contributed by atoms with van der Waals surface area (Å²) in [7, 11) is -3.72. The second kappa shape index (κ2) is 7.82. The van der Waals surface area contributed by atoms with E-state index >= 15 is 0 Å². The molecule has 1 aromatic carbocycles. The van der Waals surface area contributed by atoms with Gasteiger partial charge in [0.2, 0.25) is 21.5 Å². The number of aromatic nitrogens is 1. The van der Waals surface area contributed by atoms with Crippen molar-refractivity contribution in [3.05, 3.63) is 40.7 Å². The van der Waals surface area contributed by atoms with Crippen LogP contribution in [0.25, 0.3) is 10.9 Å². The highest BCUT2D eigenvalue weighted by Crippen LogP contribution is 2.21. The number of aromatic amines is 1. The van der Waals surface area contributed by atoms with Crippen molar-refractivity contribution in [2.24, 2.45) is 11.8 Å². The van der Waals surface area contributed by atoms with E-state index < -0.39 is 10.0 Å². The Morgan fingerprint density at radius 3 is 2.59 bits per heavy atom. The van der Waals surface area contributed by atoms with Crippen molar-refractivity contribution in [2.75, 3.05) is 19.6 Å². The van der Waals surface area contributed by atoms with Crippen molar-refractivity contribution in [3.8, 4) is 0 Å². The minimum atomic E-state index is -3.72. The van der Waals surface area contributed by atoms with Gasteiger partial charge in [-0.05, 0) is 47.9 Å². The Balaban J connectivity index is 1.62. The fourth-order valence-corrected chi connectivity index (χ4v) is 4.77. The first-order chi connectivity index (χ1) is 12.7. The predicted molar refractivity (Wildman–Crippen MR) is 104 cm³/mol. The molecule has 1 saturated heterocycles. The first kappa shape index (κ1) is 19.6. The van der Waals surface area contributed by atoms with Gasteiger partial charge in [0.05, 0.1) is 4.90 Å². The zero-order valence-electron chi connectivity index (χ0n) is 15.6. The molecular weight excluding hydrogens is 366 g/mol. The summed E-state index contributed by atoms with van der Waals surface area (Å²) in [6.07, 6.45) is 1.25. The molecule has 0 bridgehead atoms. The molecule has 2 atom stereocenters. The summed E-state index contributed by atoms with van der Waals surface area (Å²) < 4.78 is 27.5. The van der Waals surface area contributed by atoms with Gasteiger partial charge in [-0.15, -0.1) is 0 Å².